The quantitative estimate of drug-likeness (QED) is 0.858. The minimum Gasteiger partial charge on any atom is -0.492 e. The highest BCUT2D eigenvalue weighted by Gasteiger charge is 2.17. The second-order valence-corrected chi connectivity index (χ2v) is 3.98. The van der Waals surface area contributed by atoms with Crippen LogP contribution >= 0.6 is 27.5 Å². The molecule has 0 aliphatic heterocycles. The molecule has 0 radical (unpaired) electrons. The molecule has 0 bridgehead atoms. The van der Waals surface area contributed by atoms with Crippen molar-refractivity contribution in [2.45, 2.75) is 6.42 Å². The number of benzene rings is 1. The maximum Gasteiger partial charge on any atom is 0.175 e. The van der Waals surface area contributed by atoms with Gasteiger partial charge in [0, 0.05) is 10.6 Å². The molecule has 1 aromatic rings. The summed E-state index contributed by atoms with van der Waals surface area (Å²) in [5, 5.41) is 9.17. The lowest BCUT2D eigenvalue weighted by molar-refractivity contribution is 0.350. The summed E-state index contributed by atoms with van der Waals surface area (Å²) in [5.74, 6) is 1.05. The Morgan fingerprint density at radius 3 is 2.47 bits per heavy atom. The van der Waals surface area contributed by atoms with Gasteiger partial charge in [0.25, 0.3) is 0 Å². The maximum atomic E-state index is 8.68. The van der Waals surface area contributed by atoms with E-state index >= 15 is 0 Å². The van der Waals surface area contributed by atoms with Gasteiger partial charge < -0.3 is 9.47 Å². The number of methoxy groups -OCH3 is 2. The average Bonchev–Trinajstić information content (AvgIpc) is 2.21. The maximum absolute atomic E-state index is 8.68. The van der Waals surface area contributed by atoms with Gasteiger partial charge in [0.05, 0.1) is 31.2 Å². The van der Waals surface area contributed by atoms with Crippen molar-refractivity contribution < 1.29 is 9.47 Å². The molecule has 1 aromatic carbocycles. The Morgan fingerprint density at radius 1 is 1.40 bits per heavy atom. The molecule has 0 aromatic heterocycles. The van der Waals surface area contributed by atoms with Crippen LogP contribution in [0, 0.1) is 11.3 Å². The molecule has 0 amide bonds. The van der Waals surface area contributed by atoms with Crippen molar-refractivity contribution >= 4 is 27.5 Å². The van der Waals surface area contributed by atoms with Crippen molar-refractivity contribution in [3.05, 3.63) is 21.1 Å². The van der Waals surface area contributed by atoms with Crippen molar-refractivity contribution in [3.8, 4) is 17.6 Å². The van der Waals surface area contributed by atoms with Crippen LogP contribution < -0.4 is 9.47 Å². The first-order chi connectivity index (χ1) is 7.15. The molecule has 0 aliphatic rings. The minimum atomic E-state index is 0.186. The van der Waals surface area contributed by atoms with Crippen LogP contribution in [-0.4, -0.2) is 14.2 Å². The third-order valence-electron chi connectivity index (χ3n) is 1.90. The number of hydrogen-bond acceptors (Lipinski definition) is 3. The van der Waals surface area contributed by atoms with Gasteiger partial charge in [-0.3, -0.25) is 0 Å². The zero-order valence-corrected chi connectivity index (χ0v) is 10.6. The lowest BCUT2D eigenvalue weighted by Gasteiger charge is -2.14. The minimum absolute atomic E-state index is 0.186. The zero-order valence-electron chi connectivity index (χ0n) is 8.30. The fourth-order valence-electron chi connectivity index (χ4n) is 1.27. The van der Waals surface area contributed by atoms with Gasteiger partial charge in [-0.15, -0.1) is 0 Å². The summed E-state index contributed by atoms with van der Waals surface area (Å²) in [6.45, 7) is 0. The average molecular weight is 291 g/mol. The molecule has 15 heavy (non-hydrogen) atoms. The molecule has 0 unspecified atom stereocenters. The summed E-state index contributed by atoms with van der Waals surface area (Å²) in [6.07, 6.45) is 0.186. The third-order valence-corrected chi connectivity index (χ3v) is 2.83. The predicted molar refractivity (Wildman–Crippen MR) is 61.6 cm³/mol. The van der Waals surface area contributed by atoms with E-state index in [1.165, 1.54) is 14.2 Å². The summed E-state index contributed by atoms with van der Waals surface area (Å²) in [4.78, 5) is 0. The van der Waals surface area contributed by atoms with Crippen molar-refractivity contribution in [2.24, 2.45) is 0 Å². The molecule has 0 aliphatic carbocycles. The van der Waals surface area contributed by atoms with Gasteiger partial charge >= 0.3 is 0 Å². The van der Waals surface area contributed by atoms with Crippen LogP contribution in [0.4, 0.5) is 0 Å². The van der Waals surface area contributed by atoms with E-state index in [1.807, 2.05) is 6.07 Å². The lowest BCUT2D eigenvalue weighted by Crippen LogP contribution is -1.97. The first-order valence-electron chi connectivity index (χ1n) is 4.11. The number of nitrogens with zero attached hydrogens (tertiary/aromatic N) is 1. The number of rotatable bonds is 3. The Bertz CT molecular complexity index is 415. The van der Waals surface area contributed by atoms with Gasteiger partial charge in [-0.1, -0.05) is 11.6 Å². The molecule has 0 atom stereocenters. The van der Waals surface area contributed by atoms with Gasteiger partial charge in [0.2, 0.25) is 0 Å². The van der Waals surface area contributed by atoms with Gasteiger partial charge in [-0.2, -0.15) is 5.26 Å². The van der Waals surface area contributed by atoms with Crippen LogP contribution in [0.25, 0.3) is 0 Å². The van der Waals surface area contributed by atoms with Crippen LogP contribution in [0.1, 0.15) is 5.56 Å². The van der Waals surface area contributed by atoms with E-state index in [0.717, 1.165) is 0 Å². The van der Waals surface area contributed by atoms with Gasteiger partial charge in [-0.25, -0.2) is 0 Å². The fourth-order valence-corrected chi connectivity index (χ4v) is 2.23. The number of halogens is 2. The van der Waals surface area contributed by atoms with Gasteiger partial charge in [-0.05, 0) is 22.0 Å². The molecule has 0 fully saturated rings. The molecule has 0 heterocycles. The molecule has 0 saturated carbocycles. The Kier molecular flexibility index (Phi) is 4.25. The standard InChI is InChI=1S/C10H9BrClNO2/c1-14-9-6(3-4-13)8(12)5-7(11)10(9)15-2/h5H,3H2,1-2H3. The summed E-state index contributed by atoms with van der Waals surface area (Å²) in [6, 6.07) is 3.73. The fraction of sp³-hybridized carbons (Fsp3) is 0.300. The molecular weight excluding hydrogens is 281 g/mol. The molecule has 0 N–H and O–H groups in total. The molecule has 0 spiro atoms. The van der Waals surface area contributed by atoms with Crippen molar-refractivity contribution in [1.29, 1.82) is 5.26 Å². The van der Waals surface area contributed by atoms with E-state index in [2.05, 4.69) is 15.9 Å². The predicted octanol–water partition coefficient (Wildman–Crippen LogP) is 3.19. The van der Waals surface area contributed by atoms with E-state index in [1.54, 1.807) is 6.07 Å². The van der Waals surface area contributed by atoms with E-state index < -0.39 is 0 Å². The number of hydrogen-bond donors (Lipinski definition) is 0. The largest absolute Gasteiger partial charge is 0.492 e. The zero-order chi connectivity index (χ0) is 11.4. The highest BCUT2D eigenvalue weighted by atomic mass is 79.9. The van der Waals surface area contributed by atoms with Crippen LogP contribution in [0.15, 0.2) is 10.5 Å². The van der Waals surface area contributed by atoms with E-state index in [0.29, 0.717) is 26.6 Å². The normalized spacial score (nSPS) is 9.53. The summed E-state index contributed by atoms with van der Waals surface area (Å²) in [5.41, 5.74) is 0.640. The molecular formula is C10H9BrClNO2. The SMILES string of the molecule is COc1c(Br)cc(Cl)c(CC#N)c1OC. The second kappa shape index (κ2) is 5.24. The molecule has 80 valence electrons. The monoisotopic (exact) mass is 289 g/mol. The van der Waals surface area contributed by atoms with Crippen LogP contribution in [0.3, 0.4) is 0 Å². The molecule has 3 nitrogen and oxygen atoms in total. The van der Waals surface area contributed by atoms with Gasteiger partial charge in [0.1, 0.15) is 0 Å². The van der Waals surface area contributed by atoms with Crippen molar-refractivity contribution in [2.75, 3.05) is 14.2 Å². The lowest BCUT2D eigenvalue weighted by atomic mass is 10.1. The van der Waals surface area contributed by atoms with Crippen LogP contribution in [-0.2, 0) is 6.42 Å². The first kappa shape index (κ1) is 12.2. The van der Waals surface area contributed by atoms with Gasteiger partial charge in [0.15, 0.2) is 11.5 Å². The number of ether oxygens (including phenoxy) is 2. The van der Waals surface area contributed by atoms with Crippen LogP contribution in [0.2, 0.25) is 5.02 Å². The van der Waals surface area contributed by atoms with Crippen molar-refractivity contribution in [1.82, 2.24) is 0 Å². The van der Waals surface area contributed by atoms with Crippen LogP contribution in [0.5, 0.6) is 11.5 Å². The Hall–Kier alpha value is -0.920. The summed E-state index contributed by atoms with van der Waals surface area (Å²) >= 11 is 9.32. The molecule has 5 heteroatoms. The van der Waals surface area contributed by atoms with E-state index in [9.17, 15) is 0 Å². The Labute approximate surface area is 102 Å². The van der Waals surface area contributed by atoms with E-state index in [-0.39, 0.29) is 6.42 Å². The molecule has 1 rings (SSSR count). The highest BCUT2D eigenvalue weighted by Crippen LogP contribution is 2.42. The summed E-state index contributed by atoms with van der Waals surface area (Å²) in [7, 11) is 3.05. The Morgan fingerprint density at radius 2 is 2.00 bits per heavy atom. The summed E-state index contributed by atoms with van der Waals surface area (Å²) < 4.78 is 11.1. The van der Waals surface area contributed by atoms with Crippen molar-refractivity contribution in [3.63, 3.8) is 0 Å². The third kappa shape index (κ3) is 2.36. The van der Waals surface area contributed by atoms with E-state index in [4.69, 9.17) is 26.3 Å². The highest BCUT2D eigenvalue weighted by molar-refractivity contribution is 9.10. The topological polar surface area (TPSA) is 42.2 Å². The molecule has 0 saturated heterocycles. The Balaban J connectivity index is 3.43. The second-order valence-electron chi connectivity index (χ2n) is 2.72. The smallest absolute Gasteiger partial charge is 0.175 e. The first-order valence-corrected chi connectivity index (χ1v) is 5.28. The number of nitriles is 1.